The fraction of sp³-hybridized carbons (Fsp3) is 0.571. The van der Waals surface area contributed by atoms with Crippen LogP contribution in [0.25, 0.3) is 0 Å². The van der Waals surface area contributed by atoms with Crippen LogP contribution in [-0.4, -0.2) is 29.0 Å². The molecule has 0 bridgehead atoms. The lowest BCUT2D eigenvalue weighted by atomic mass is 10.1. The Hall–Kier alpha value is -0.990. The molecule has 54 valence electrons. The molecule has 2 aliphatic heterocycles. The Morgan fingerprint density at radius 3 is 3.20 bits per heavy atom. The van der Waals surface area contributed by atoms with Crippen LogP contribution in [-0.2, 0) is 0 Å². The van der Waals surface area contributed by atoms with E-state index in [2.05, 4.69) is 0 Å². The molecule has 0 radical (unpaired) electrons. The maximum absolute atomic E-state index is 11.0. The van der Waals surface area contributed by atoms with E-state index in [0.29, 0.717) is 6.17 Å². The van der Waals surface area contributed by atoms with Crippen molar-refractivity contribution in [1.82, 2.24) is 9.80 Å². The van der Waals surface area contributed by atoms with Gasteiger partial charge in [0, 0.05) is 13.2 Å². The smallest absolute Gasteiger partial charge is 0.306 e. The van der Waals surface area contributed by atoms with E-state index in [4.69, 9.17) is 0 Å². The Balaban J connectivity index is 2.18. The number of nitrogens with zero attached hydrogens (tertiary/aromatic N) is 2. The van der Waals surface area contributed by atoms with Gasteiger partial charge in [-0.05, 0) is 12.8 Å². The van der Waals surface area contributed by atoms with Crippen LogP contribution in [0.2, 0.25) is 0 Å². The fourth-order valence-electron chi connectivity index (χ4n) is 1.50. The molecule has 1 atom stereocenters. The molecule has 0 spiro atoms. The van der Waals surface area contributed by atoms with Crippen molar-refractivity contribution in [2.24, 2.45) is 0 Å². The van der Waals surface area contributed by atoms with E-state index in [1.807, 2.05) is 19.3 Å². The minimum Gasteiger partial charge on any atom is -0.306 e. The Labute approximate surface area is 59.9 Å². The summed E-state index contributed by atoms with van der Waals surface area (Å²) in [6.07, 6.45) is 6.47. The maximum Gasteiger partial charge on any atom is 0.327 e. The van der Waals surface area contributed by atoms with Crippen molar-refractivity contribution in [1.29, 1.82) is 0 Å². The number of amides is 2. The Kier molecular flexibility index (Phi) is 1.01. The summed E-state index contributed by atoms with van der Waals surface area (Å²) in [7, 11) is 1.85. The summed E-state index contributed by atoms with van der Waals surface area (Å²) in [6.45, 7) is 0. The van der Waals surface area contributed by atoms with Gasteiger partial charge in [0.25, 0.3) is 0 Å². The predicted molar refractivity (Wildman–Crippen MR) is 37.2 cm³/mol. The van der Waals surface area contributed by atoms with Crippen LogP contribution in [0.5, 0.6) is 0 Å². The zero-order valence-electron chi connectivity index (χ0n) is 5.95. The first-order valence-electron chi connectivity index (χ1n) is 3.52. The van der Waals surface area contributed by atoms with Gasteiger partial charge in [-0.1, -0.05) is 6.08 Å². The molecule has 10 heavy (non-hydrogen) atoms. The van der Waals surface area contributed by atoms with Crippen molar-refractivity contribution in [2.75, 3.05) is 7.05 Å². The normalized spacial score (nSPS) is 30.1. The third-order valence-corrected chi connectivity index (χ3v) is 2.15. The number of rotatable bonds is 0. The van der Waals surface area contributed by atoms with Crippen LogP contribution < -0.4 is 0 Å². The number of fused-ring (bicyclic) bond motifs is 1. The van der Waals surface area contributed by atoms with Crippen molar-refractivity contribution in [2.45, 2.75) is 19.0 Å². The average Bonchev–Trinajstić information content (AvgIpc) is 2.03. The lowest BCUT2D eigenvalue weighted by Gasteiger charge is -2.48. The third kappa shape index (κ3) is 0.523. The Morgan fingerprint density at radius 2 is 2.50 bits per heavy atom. The summed E-state index contributed by atoms with van der Waals surface area (Å²) in [5.74, 6) is 0. The van der Waals surface area contributed by atoms with E-state index in [1.165, 1.54) is 0 Å². The van der Waals surface area contributed by atoms with Crippen LogP contribution in [0.1, 0.15) is 12.8 Å². The van der Waals surface area contributed by atoms with Crippen LogP contribution in [0, 0.1) is 0 Å². The van der Waals surface area contributed by atoms with Gasteiger partial charge in [-0.15, -0.1) is 0 Å². The van der Waals surface area contributed by atoms with Crippen LogP contribution in [0.15, 0.2) is 12.3 Å². The molecule has 3 nitrogen and oxygen atoms in total. The van der Waals surface area contributed by atoms with Crippen molar-refractivity contribution < 1.29 is 4.79 Å². The van der Waals surface area contributed by atoms with Gasteiger partial charge in [-0.25, -0.2) is 4.79 Å². The van der Waals surface area contributed by atoms with Crippen molar-refractivity contribution in [3.63, 3.8) is 0 Å². The van der Waals surface area contributed by atoms with Crippen LogP contribution in [0.3, 0.4) is 0 Å². The first kappa shape index (κ1) is 5.77. The summed E-state index contributed by atoms with van der Waals surface area (Å²) in [5, 5.41) is 0. The van der Waals surface area contributed by atoms with Crippen molar-refractivity contribution in [3.8, 4) is 0 Å². The van der Waals surface area contributed by atoms with Crippen molar-refractivity contribution >= 4 is 6.03 Å². The minimum absolute atomic E-state index is 0.126. The molecule has 2 aliphatic rings. The van der Waals surface area contributed by atoms with Gasteiger partial charge >= 0.3 is 6.03 Å². The summed E-state index contributed by atoms with van der Waals surface area (Å²) in [4.78, 5) is 14.6. The van der Waals surface area contributed by atoms with Gasteiger partial charge in [0.1, 0.15) is 6.17 Å². The highest BCUT2D eigenvalue weighted by molar-refractivity contribution is 5.81. The molecule has 3 heteroatoms. The molecule has 2 heterocycles. The number of urea groups is 1. The lowest BCUT2D eigenvalue weighted by molar-refractivity contribution is 0.0297. The van der Waals surface area contributed by atoms with Gasteiger partial charge in [-0.2, -0.15) is 0 Å². The van der Waals surface area contributed by atoms with E-state index < -0.39 is 0 Å². The summed E-state index contributed by atoms with van der Waals surface area (Å²) < 4.78 is 0. The minimum atomic E-state index is 0.126. The Morgan fingerprint density at radius 1 is 1.70 bits per heavy atom. The first-order chi connectivity index (χ1) is 4.80. The molecule has 0 saturated carbocycles. The van der Waals surface area contributed by atoms with Gasteiger partial charge in [0.05, 0.1) is 0 Å². The highest BCUT2D eigenvalue weighted by Gasteiger charge is 2.40. The molecule has 2 amide bonds. The molecule has 0 aromatic carbocycles. The quantitative estimate of drug-likeness (QED) is 0.489. The van der Waals surface area contributed by atoms with E-state index in [9.17, 15) is 4.79 Å². The summed E-state index contributed by atoms with van der Waals surface area (Å²) in [5.41, 5.74) is 0. The average molecular weight is 138 g/mol. The highest BCUT2D eigenvalue weighted by atomic mass is 16.2. The van der Waals surface area contributed by atoms with Gasteiger partial charge < -0.3 is 4.90 Å². The summed E-state index contributed by atoms with van der Waals surface area (Å²) >= 11 is 0. The van der Waals surface area contributed by atoms with Gasteiger partial charge in [-0.3, -0.25) is 4.90 Å². The molecule has 1 fully saturated rings. The van der Waals surface area contributed by atoms with Crippen molar-refractivity contribution in [3.05, 3.63) is 12.3 Å². The number of allylic oxidation sites excluding steroid dienone is 1. The highest BCUT2D eigenvalue weighted by Crippen LogP contribution is 2.27. The monoisotopic (exact) mass is 138 g/mol. The van der Waals surface area contributed by atoms with Gasteiger partial charge in [0.15, 0.2) is 0 Å². The van der Waals surface area contributed by atoms with Gasteiger partial charge in [0.2, 0.25) is 0 Å². The third-order valence-electron chi connectivity index (χ3n) is 2.15. The zero-order valence-corrected chi connectivity index (χ0v) is 5.95. The summed E-state index contributed by atoms with van der Waals surface area (Å²) in [6, 6.07) is 0.126. The zero-order chi connectivity index (χ0) is 7.14. The SMILES string of the molecule is CN1C(=O)N2C=CCCC12. The second-order valence-electron chi connectivity index (χ2n) is 2.74. The second kappa shape index (κ2) is 1.75. The number of carbonyl (C=O) groups is 1. The van der Waals surface area contributed by atoms with Crippen LogP contribution >= 0.6 is 0 Å². The maximum atomic E-state index is 11.0. The topological polar surface area (TPSA) is 23.6 Å². The fourth-order valence-corrected chi connectivity index (χ4v) is 1.50. The molecule has 1 saturated heterocycles. The lowest BCUT2D eigenvalue weighted by Crippen LogP contribution is -2.64. The molecule has 0 N–H and O–H groups in total. The van der Waals surface area contributed by atoms with E-state index in [0.717, 1.165) is 12.8 Å². The largest absolute Gasteiger partial charge is 0.327 e. The molecular formula is C7H10N2O. The molecular weight excluding hydrogens is 128 g/mol. The molecule has 1 unspecified atom stereocenters. The Bertz CT molecular complexity index is 200. The second-order valence-corrected chi connectivity index (χ2v) is 2.74. The predicted octanol–water partition coefficient (Wildman–Crippen LogP) is 0.987. The number of hydrogen-bond donors (Lipinski definition) is 0. The number of carbonyl (C=O) groups excluding carboxylic acids is 1. The first-order valence-corrected chi connectivity index (χ1v) is 3.52. The molecule has 0 aliphatic carbocycles. The van der Waals surface area contributed by atoms with E-state index >= 15 is 0 Å². The molecule has 0 aromatic rings. The molecule has 0 aromatic heterocycles. The van der Waals surface area contributed by atoms with E-state index in [1.54, 1.807) is 9.80 Å². The molecule has 2 rings (SSSR count). The van der Waals surface area contributed by atoms with E-state index in [-0.39, 0.29) is 6.03 Å². The standard InChI is InChI=1S/C7H10N2O/c1-8-6-4-2-3-5-9(6)7(8)10/h3,5-6H,2,4H2,1H3. The number of hydrogen-bond acceptors (Lipinski definition) is 1. The van der Waals surface area contributed by atoms with Crippen LogP contribution in [0.4, 0.5) is 4.79 Å².